The Morgan fingerprint density at radius 2 is 2.13 bits per heavy atom. The van der Waals surface area contributed by atoms with Crippen LogP contribution in [0.4, 0.5) is 10.2 Å². The van der Waals surface area contributed by atoms with E-state index in [0.29, 0.717) is 21.9 Å². The average Bonchev–Trinajstić information content (AvgIpc) is 3.21. The summed E-state index contributed by atoms with van der Waals surface area (Å²) in [6, 6.07) is 3.38. The number of halogens is 1. The lowest BCUT2D eigenvalue weighted by Crippen LogP contribution is -2.19. The Balaban J connectivity index is 1.69. The molecule has 1 aliphatic rings. The molecule has 0 saturated heterocycles. The van der Waals surface area contributed by atoms with E-state index in [2.05, 4.69) is 15.3 Å². The van der Waals surface area contributed by atoms with Crippen LogP contribution in [-0.4, -0.2) is 20.6 Å². The molecule has 23 heavy (non-hydrogen) atoms. The largest absolute Gasteiger partial charge is 0.365 e. The third-order valence-corrected chi connectivity index (χ3v) is 5.02. The molecule has 0 aromatic carbocycles. The highest BCUT2D eigenvalue weighted by molar-refractivity contribution is 7.16. The number of rotatable bonds is 3. The molecule has 1 N–H and O–H groups in total. The monoisotopic (exact) mass is 330 g/mol. The normalized spacial score (nSPS) is 15.3. The van der Waals surface area contributed by atoms with Gasteiger partial charge in [0.25, 0.3) is 5.56 Å². The summed E-state index contributed by atoms with van der Waals surface area (Å²) < 4.78 is 16.3. The van der Waals surface area contributed by atoms with Gasteiger partial charge in [0.1, 0.15) is 4.70 Å². The third-order valence-electron chi connectivity index (χ3n) is 4.19. The maximum absolute atomic E-state index is 14.3. The molecule has 0 amide bonds. The van der Waals surface area contributed by atoms with Gasteiger partial charge in [-0.25, -0.2) is 14.4 Å². The van der Waals surface area contributed by atoms with Crippen LogP contribution in [0.2, 0.25) is 0 Å². The van der Waals surface area contributed by atoms with Crippen LogP contribution in [0.3, 0.4) is 0 Å². The number of aromatic nitrogens is 3. The molecule has 118 valence electrons. The molecule has 0 atom stereocenters. The summed E-state index contributed by atoms with van der Waals surface area (Å²) in [6.07, 6.45) is 7.55. The summed E-state index contributed by atoms with van der Waals surface area (Å²) in [5.41, 5.74) is 2.50. The van der Waals surface area contributed by atoms with Gasteiger partial charge in [0, 0.05) is 18.3 Å². The van der Waals surface area contributed by atoms with Crippen LogP contribution in [0.5, 0.6) is 0 Å². The zero-order valence-electron chi connectivity index (χ0n) is 12.3. The second-order valence-corrected chi connectivity index (χ2v) is 6.56. The second-order valence-electron chi connectivity index (χ2n) is 5.71. The molecular formula is C16H15FN4OS. The van der Waals surface area contributed by atoms with E-state index in [0.717, 1.165) is 12.8 Å². The molecule has 0 spiro atoms. The van der Waals surface area contributed by atoms with E-state index in [1.54, 1.807) is 17.8 Å². The van der Waals surface area contributed by atoms with E-state index in [-0.39, 0.29) is 11.4 Å². The van der Waals surface area contributed by atoms with E-state index in [9.17, 15) is 9.18 Å². The first kappa shape index (κ1) is 14.3. The van der Waals surface area contributed by atoms with Gasteiger partial charge in [0.05, 0.1) is 22.9 Å². The minimum atomic E-state index is -0.439. The molecule has 0 bridgehead atoms. The van der Waals surface area contributed by atoms with Crippen LogP contribution in [-0.2, 0) is 0 Å². The number of anilines is 1. The summed E-state index contributed by atoms with van der Waals surface area (Å²) >= 11 is 1.28. The quantitative estimate of drug-likeness (QED) is 0.800. The molecular weight excluding hydrogens is 315 g/mol. The fraction of sp³-hybridized carbons (Fsp3) is 0.312. The zero-order valence-corrected chi connectivity index (χ0v) is 13.1. The molecule has 3 aromatic rings. The summed E-state index contributed by atoms with van der Waals surface area (Å²) in [7, 11) is 0. The van der Waals surface area contributed by atoms with Gasteiger partial charge in [0.15, 0.2) is 11.6 Å². The Kier molecular flexibility index (Phi) is 3.57. The maximum Gasteiger partial charge on any atom is 0.274 e. The van der Waals surface area contributed by atoms with Gasteiger partial charge in [-0.15, -0.1) is 11.3 Å². The first-order valence-electron chi connectivity index (χ1n) is 7.60. The van der Waals surface area contributed by atoms with Crippen molar-refractivity contribution in [3.8, 4) is 5.69 Å². The topological polar surface area (TPSA) is 59.8 Å². The molecule has 4 rings (SSSR count). The van der Waals surface area contributed by atoms with Crippen molar-refractivity contribution in [3.05, 3.63) is 46.2 Å². The fourth-order valence-electron chi connectivity index (χ4n) is 2.99. The molecule has 1 saturated carbocycles. The van der Waals surface area contributed by atoms with E-state index >= 15 is 0 Å². The minimum Gasteiger partial charge on any atom is -0.365 e. The molecule has 5 nitrogen and oxygen atoms in total. The van der Waals surface area contributed by atoms with Gasteiger partial charge in [0.2, 0.25) is 0 Å². The Hall–Kier alpha value is -2.28. The molecule has 7 heteroatoms. The van der Waals surface area contributed by atoms with Crippen molar-refractivity contribution in [1.82, 2.24) is 14.5 Å². The Morgan fingerprint density at radius 1 is 1.30 bits per heavy atom. The Labute approximate surface area is 135 Å². The van der Waals surface area contributed by atoms with Crippen LogP contribution >= 0.6 is 11.3 Å². The van der Waals surface area contributed by atoms with Crippen LogP contribution in [0, 0.1) is 5.82 Å². The summed E-state index contributed by atoms with van der Waals surface area (Å²) in [6.45, 7) is 0. The highest BCUT2D eigenvalue weighted by Crippen LogP contribution is 2.23. The number of fused-ring (bicyclic) bond motifs is 1. The number of hydrogen-bond acceptors (Lipinski definition) is 5. The standard InChI is InChI=1S/C16H15FN4OS/c17-12-7-11(8-18-15(12)20-10-3-1-2-4-10)21-6-5-13-14(16(21)22)23-9-19-13/h5-10H,1-4H2,(H,18,20). The van der Waals surface area contributed by atoms with Crippen molar-refractivity contribution in [2.75, 3.05) is 5.32 Å². The lowest BCUT2D eigenvalue weighted by atomic mass is 10.2. The molecule has 1 fully saturated rings. The first-order chi connectivity index (χ1) is 11.2. The third kappa shape index (κ3) is 2.61. The van der Waals surface area contributed by atoms with Crippen molar-refractivity contribution >= 4 is 27.4 Å². The molecule has 3 heterocycles. The van der Waals surface area contributed by atoms with Crippen LogP contribution in [0.25, 0.3) is 15.9 Å². The second kappa shape index (κ2) is 5.73. The number of thiazole rings is 1. The number of pyridine rings is 2. The first-order valence-corrected chi connectivity index (χ1v) is 8.47. The highest BCUT2D eigenvalue weighted by atomic mass is 32.1. The van der Waals surface area contributed by atoms with Crippen molar-refractivity contribution < 1.29 is 4.39 Å². The number of nitrogens with one attached hydrogen (secondary N) is 1. The average molecular weight is 330 g/mol. The predicted octanol–water partition coefficient (Wildman–Crippen LogP) is 3.34. The highest BCUT2D eigenvalue weighted by Gasteiger charge is 2.17. The Morgan fingerprint density at radius 3 is 2.91 bits per heavy atom. The molecule has 0 unspecified atom stereocenters. The zero-order chi connectivity index (χ0) is 15.8. The van der Waals surface area contributed by atoms with Crippen LogP contribution in [0.15, 0.2) is 34.8 Å². The summed E-state index contributed by atoms with van der Waals surface area (Å²) in [4.78, 5) is 20.7. The maximum atomic E-state index is 14.3. The SMILES string of the molecule is O=c1c2scnc2ccn1-c1cnc(NC2CCCC2)c(F)c1. The Bertz CT molecular complexity index is 914. The van der Waals surface area contributed by atoms with E-state index < -0.39 is 5.82 Å². The van der Waals surface area contributed by atoms with E-state index in [1.165, 1.54) is 41.0 Å². The molecule has 0 aliphatic heterocycles. The molecule has 1 aliphatic carbocycles. The van der Waals surface area contributed by atoms with Gasteiger partial charge in [-0.3, -0.25) is 9.36 Å². The molecule has 3 aromatic heterocycles. The van der Waals surface area contributed by atoms with E-state index in [4.69, 9.17) is 0 Å². The van der Waals surface area contributed by atoms with Gasteiger partial charge in [-0.05, 0) is 18.9 Å². The molecule has 0 radical (unpaired) electrons. The number of hydrogen-bond donors (Lipinski definition) is 1. The minimum absolute atomic E-state index is 0.206. The predicted molar refractivity (Wildman–Crippen MR) is 88.8 cm³/mol. The fourth-order valence-corrected chi connectivity index (χ4v) is 3.70. The van der Waals surface area contributed by atoms with E-state index in [1.807, 2.05) is 0 Å². The number of nitrogens with zero attached hydrogens (tertiary/aromatic N) is 3. The van der Waals surface area contributed by atoms with Gasteiger partial charge < -0.3 is 5.32 Å². The van der Waals surface area contributed by atoms with Crippen LogP contribution in [0.1, 0.15) is 25.7 Å². The van der Waals surface area contributed by atoms with Crippen molar-refractivity contribution in [1.29, 1.82) is 0 Å². The van der Waals surface area contributed by atoms with Crippen molar-refractivity contribution in [3.63, 3.8) is 0 Å². The van der Waals surface area contributed by atoms with Crippen LogP contribution < -0.4 is 10.9 Å². The van der Waals surface area contributed by atoms with Gasteiger partial charge in [-0.2, -0.15) is 0 Å². The summed E-state index contributed by atoms with van der Waals surface area (Å²) in [5, 5.41) is 3.15. The lowest BCUT2D eigenvalue weighted by Gasteiger charge is -2.14. The lowest BCUT2D eigenvalue weighted by molar-refractivity contribution is 0.615. The van der Waals surface area contributed by atoms with Gasteiger partial charge >= 0.3 is 0 Å². The summed E-state index contributed by atoms with van der Waals surface area (Å²) in [5.74, 6) is -0.182. The van der Waals surface area contributed by atoms with Crippen molar-refractivity contribution in [2.24, 2.45) is 0 Å². The van der Waals surface area contributed by atoms with Gasteiger partial charge in [-0.1, -0.05) is 12.8 Å². The smallest absolute Gasteiger partial charge is 0.274 e. The van der Waals surface area contributed by atoms with Crippen molar-refractivity contribution in [2.45, 2.75) is 31.7 Å².